The third-order valence-corrected chi connectivity index (χ3v) is 3.74. The predicted molar refractivity (Wildman–Crippen MR) is 76.4 cm³/mol. The Morgan fingerprint density at radius 3 is 2.68 bits per heavy atom. The Kier molecular flexibility index (Phi) is 4.18. The number of para-hydroxylation sites is 1. The van der Waals surface area contributed by atoms with Crippen molar-refractivity contribution in [3.05, 3.63) is 45.4 Å². The van der Waals surface area contributed by atoms with E-state index in [9.17, 15) is 0 Å². The van der Waals surface area contributed by atoms with Crippen LogP contribution in [0.3, 0.4) is 0 Å². The summed E-state index contributed by atoms with van der Waals surface area (Å²) in [7, 11) is 0. The summed E-state index contributed by atoms with van der Waals surface area (Å²) in [5.41, 5.74) is 1.97. The van der Waals surface area contributed by atoms with Crippen molar-refractivity contribution >= 4 is 11.3 Å². The van der Waals surface area contributed by atoms with E-state index in [0.29, 0.717) is 11.5 Å². The number of thiazole rings is 1. The van der Waals surface area contributed by atoms with Crippen LogP contribution in [-0.2, 0) is 6.61 Å². The van der Waals surface area contributed by atoms with Crippen LogP contribution >= 0.6 is 11.3 Å². The molecule has 0 aliphatic carbocycles. The number of ether oxygens (including phenoxy) is 1. The van der Waals surface area contributed by atoms with Gasteiger partial charge in [-0.05, 0) is 24.5 Å². The number of benzene rings is 1. The van der Waals surface area contributed by atoms with Crippen LogP contribution in [0.5, 0.6) is 5.75 Å². The molecule has 0 amide bonds. The molecule has 3 nitrogen and oxygen atoms in total. The van der Waals surface area contributed by atoms with E-state index in [-0.39, 0.29) is 5.92 Å². The molecule has 0 aliphatic rings. The van der Waals surface area contributed by atoms with E-state index >= 15 is 0 Å². The van der Waals surface area contributed by atoms with Crippen LogP contribution in [0.1, 0.15) is 40.9 Å². The quantitative estimate of drug-likeness (QED) is 0.844. The lowest BCUT2D eigenvalue weighted by molar-refractivity contribution is 0.303. The van der Waals surface area contributed by atoms with Gasteiger partial charge in [0, 0.05) is 0 Å². The van der Waals surface area contributed by atoms with Crippen molar-refractivity contribution in [2.45, 2.75) is 33.3 Å². The number of hydrogen-bond donors (Lipinski definition) is 0. The Balaban J connectivity index is 2.13. The maximum atomic E-state index is 9.09. The van der Waals surface area contributed by atoms with Gasteiger partial charge in [-0.25, -0.2) is 4.98 Å². The molecule has 1 aromatic heterocycles. The van der Waals surface area contributed by atoms with Gasteiger partial charge in [0.25, 0.3) is 0 Å². The smallest absolute Gasteiger partial charge is 0.140 e. The summed E-state index contributed by atoms with van der Waals surface area (Å²) in [6.45, 7) is 6.51. The molecule has 2 aromatic rings. The van der Waals surface area contributed by atoms with Crippen molar-refractivity contribution in [3.8, 4) is 11.8 Å². The number of aryl methyl sites for hydroxylation is 1. The van der Waals surface area contributed by atoms with E-state index < -0.39 is 0 Å². The van der Waals surface area contributed by atoms with Gasteiger partial charge in [-0.1, -0.05) is 32.0 Å². The fraction of sp³-hybridized carbons (Fsp3) is 0.333. The van der Waals surface area contributed by atoms with Crippen LogP contribution in [0.25, 0.3) is 0 Å². The number of aromatic nitrogens is 1. The lowest BCUT2D eigenvalue weighted by atomic mass is 10.1. The van der Waals surface area contributed by atoms with Gasteiger partial charge in [-0.2, -0.15) is 5.26 Å². The Labute approximate surface area is 117 Å². The predicted octanol–water partition coefficient (Wildman–Crippen LogP) is 4.03. The van der Waals surface area contributed by atoms with Crippen LogP contribution in [0.4, 0.5) is 0 Å². The Morgan fingerprint density at radius 2 is 2.11 bits per heavy atom. The molecule has 0 bridgehead atoms. The molecule has 0 fully saturated rings. The maximum absolute atomic E-state index is 9.09. The lowest BCUT2D eigenvalue weighted by Gasteiger charge is -2.06. The summed E-state index contributed by atoms with van der Waals surface area (Å²) in [6, 6.07) is 10.1. The van der Waals surface area contributed by atoms with E-state index in [1.807, 2.05) is 45.0 Å². The summed E-state index contributed by atoms with van der Waals surface area (Å²) in [4.78, 5) is 5.19. The molecule has 0 unspecified atom stereocenters. The van der Waals surface area contributed by atoms with Crippen LogP contribution in [0, 0.1) is 18.3 Å². The number of hydrogen-bond acceptors (Lipinski definition) is 4. The standard InChI is InChI=1S/C15H16N2OS/c1-10(2)15-13(8-16)19-14(17-15)9-18-12-7-5-4-6-11(12)3/h4-7,10H,9H2,1-3H3. The van der Waals surface area contributed by atoms with Gasteiger partial charge in [0.05, 0.1) is 5.69 Å². The lowest BCUT2D eigenvalue weighted by Crippen LogP contribution is -1.97. The fourth-order valence-electron chi connectivity index (χ4n) is 1.77. The Hall–Kier alpha value is -1.86. The molecule has 19 heavy (non-hydrogen) atoms. The van der Waals surface area contributed by atoms with E-state index in [0.717, 1.165) is 22.0 Å². The molecule has 0 spiro atoms. The topological polar surface area (TPSA) is 45.9 Å². The fourth-order valence-corrected chi connectivity index (χ4v) is 2.70. The average molecular weight is 272 g/mol. The second-order valence-electron chi connectivity index (χ2n) is 4.64. The molecule has 1 heterocycles. The van der Waals surface area contributed by atoms with E-state index in [1.165, 1.54) is 11.3 Å². The molecule has 0 N–H and O–H groups in total. The van der Waals surface area contributed by atoms with Crippen molar-refractivity contribution in [3.63, 3.8) is 0 Å². The Bertz CT molecular complexity index is 611. The minimum Gasteiger partial charge on any atom is -0.486 e. The summed E-state index contributed by atoms with van der Waals surface area (Å²) in [5, 5.41) is 9.94. The van der Waals surface area contributed by atoms with Gasteiger partial charge in [-0.3, -0.25) is 0 Å². The zero-order valence-corrected chi connectivity index (χ0v) is 12.1. The first kappa shape index (κ1) is 13.6. The molecule has 0 aliphatic heterocycles. The Morgan fingerprint density at radius 1 is 1.37 bits per heavy atom. The van der Waals surface area contributed by atoms with Gasteiger partial charge in [0.1, 0.15) is 28.3 Å². The third-order valence-electron chi connectivity index (χ3n) is 2.79. The highest BCUT2D eigenvalue weighted by atomic mass is 32.1. The normalized spacial score (nSPS) is 10.5. The van der Waals surface area contributed by atoms with Crippen molar-refractivity contribution in [1.29, 1.82) is 5.26 Å². The maximum Gasteiger partial charge on any atom is 0.140 e. The molecule has 0 radical (unpaired) electrons. The minimum absolute atomic E-state index is 0.262. The summed E-state index contributed by atoms with van der Waals surface area (Å²) in [5.74, 6) is 1.13. The van der Waals surface area contributed by atoms with Gasteiger partial charge in [0.15, 0.2) is 0 Å². The van der Waals surface area contributed by atoms with Crippen LogP contribution in [-0.4, -0.2) is 4.98 Å². The molecule has 4 heteroatoms. The van der Waals surface area contributed by atoms with Crippen molar-refractivity contribution in [1.82, 2.24) is 4.98 Å². The average Bonchev–Trinajstić information content (AvgIpc) is 2.81. The van der Waals surface area contributed by atoms with Crippen molar-refractivity contribution in [2.24, 2.45) is 0 Å². The number of nitriles is 1. The molecule has 98 valence electrons. The zero-order chi connectivity index (χ0) is 13.8. The first-order chi connectivity index (χ1) is 9.11. The highest BCUT2D eigenvalue weighted by Crippen LogP contribution is 2.26. The molecule has 0 atom stereocenters. The first-order valence-electron chi connectivity index (χ1n) is 6.20. The minimum atomic E-state index is 0.262. The van der Waals surface area contributed by atoms with Gasteiger partial charge >= 0.3 is 0 Å². The molecular formula is C15H16N2OS. The largest absolute Gasteiger partial charge is 0.486 e. The molecule has 1 aromatic carbocycles. The molecular weight excluding hydrogens is 256 g/mol. The highest BCUT2D eigenvalue weighted by Gasteiger charge is 2.14. The molecule has 2 rings (SSSR count). The second kappa shape index (κ2) is 5.85. The molecule has 0 saturated carbocycles. The summed E-state index contributed by atoms with van der Waals surface area (Å²) in [6.07, 6.45) is 0. The highest BCUT2D eigenvalue weighted by molar-refractivity contribution is 7.12. The zero-order valence-electron chi connectivity index (χ0n) is 11.3. The van der Waals surface area contributed by atoms with Crippen molar-refractivity contribution in [2.75, 3.05) is 0 Å². The van der Waals surface area contributed by atoms with Gasteiger partial charge < -0.3 is 4.74 Å². The second-order valence-corrected chi connectivity index (χ2v) is 5.73. The first-order valence-corrected chi connectivity index (χ1v) is 7.01. The molecule has 0 saturated heterocycles. The van der Waals surface area contributed by atoms with Crippen LogP contribution in [0.15, 0.2) is 24.3 Å². The summed E-state index contributed by atoms with van der Waals surface area (Å²) < 4.78 is 5.75. The van der Waals surface area contributed by atoms with E-state index in [2.05, 4.69) is 11.1 Å². The number of rotatable bonds is 4. The number of nitrogens with zero attached hydrogens (tertiary/aromatic N) is 2. The van der Waals surface area contributed by atoms with Crippen molar-refractivity contribution < 1.29 is 4.74 Å². The summed E-state index contributed by atoms with van der Waals surface area (Å²) >= 11 is 1.42. The van der Waals surface area contributed by atoms with E-state index in [4.69, 9.17) is 10.00 Å². The van der Waals surface area contributed by atoms with Gasteiger partial charge in [-0.15, -0.1) is 11.3 Å². The van der Waals surface area contributed by atoms with E-state index in [1.54, 1.807) is 0 Å². The third kappa shape index (κ3) is 3.12. The van der Waals surface area contributed by atoms with Crippen LogP contribution in [0.2, 0.25) is 0 Å². The van der Waals surface area contributed by atoms with Gasteiger partial charge in [0.2, 0.25) is 0 Å². The SMILES string of the molecule is Cc1ccccc1OCc1nc(C(C)C)c(C#N)s1. The van der Waals surface area contributed by atoms with Crippen LogP contribution < -0.4 is 4.74 Å². The monoisotopic (exact) mass is 272 g/mol.